The lowest BCUT2D eigenvalue weighted by Crippen LogP contribution is -2.53. The van der Waals surface area contributed by atoms with Crippen LogP contribution in [0.4, 0.5) is 0 Å². The van der Waals surface area contributed by atoms with Crippen LogP contribution in [0.3, 0.4) is 0 Å². The highest BCUT2D eigenvalue weighted by Crippen LogP contribution is 2.63. The van der Waals surface area contributed by atoms with Gasteiger partial charge in [-0.3, -0.25) is 0 Å². The van der Waals surface area contributed by atoms with E-state index >= 15 is 0 Å². The van der Waals surface area contributed by atoms with Crippen molar-refractivity contribution in [2.45, 2.75) is 91.4 Å². The standard InChI is InChI=1S/C23H44O2/c1-6-7-8-9-10-11-14-23(17-24-4,18-25-5)16-19-12-13-20-15-21(19)22(20,2)3/h19-21H,6-18H2,1-5H3. The van der Waals surface area contributed by atoms with E-state index in [9.17, 15) is 0 Å². The average molecular weight is 353 g/mol. The topological polar surface area (TPSA) is 18.5 Å². The van der Waals surface area contributed by atoms with Crippen molar-refractivity contribution in [2.75, 3.05) is 27.4 Å². The smallest absolute Gasteiger partial charge is 0.0540 e. The Bertz CT molecular complexity index is 368. The van der Waals surface area contributed by atoms with E-state index in [4.69, 9.17) is 9.47 Å². The molecule has 2 bridgehead atoms. The number of rotatable bonds is 13. The number of hydrogen-bond donors (Lipinski definition) is 0. The summed E-state index contributed by atoms with van der Waals surface area (Å²) in [6.45, 7) is 9.05. The van der Waals surface area contributed by atoms with Crippen LogP contribution in [0.1, 0.15) is 91.4 Å². The zero-order chi connectivity index (χ0) is 18.3. The highest BCUT2D eigenvalue weighted by Gasteiger charge is 2.55. The molecule has 25 heavy (non-hydrogen) atoms. The zero-order valence-corrected chi connectivity index (χ0v) is 17.7. The molecule has 148 valence electrons. The van der Waals surface area contributed by atoms with E-state index in [2.05, 4.69) is 20.8 Å². The molecule has 3 atom stereocenters. The predicted octanol–water partition coefficient (Wildman–Crippen LogP) is 6.48. The van der Waals surface area contributed by atoms with Gasteiger partial charge in [-0.25, -0.2) is 0 Å². The minimum absolute atomic E-state index is 0.234. The molecule has 3 rings (SSSR count). The Kier molecular flexibility index (Phi) is 8.27. The molecule has 3 fully saturated rings. The molecule has 0 aliphatic heterocycles. The van der Waals surface area contributed by atoms with Crippen LogP contribution in [0.2, 0.25) is 0 Å². The first kappa shape index (κ1) is 21.2. The first-order chi connectivity index (χ1) is 12.0. The van der Waals surface area contributed by atoms with Crippen molar-refractivity contribution in [1.29, 1.82) is 0 Å². The summed E-state index contributed by atoms with van der Waals surface area (Å²) in [6, 6.07) is 0. The summed E-state index contributed by atoms with van der Waals surface area (Å²) >= 11 is 0. The van der Waals surface area contributed by atoms with Gasteiger partial charge in [-0.2, -0.15) is 0 Å². The van der Waals surface area contributed by atoms with Crippen molar-refractivity contribution in [3.05, 3.63) is 0 Å². The van der Waals surface area contributed by atoms with Crippen molar-refractivity contribution < 1.29 is 9.47 Å². The molecular weight excluding hydrogens is 308 g/mol. The summed E-state index contributed by atoms with van der Waals surface area (Å²) in [7, 11) is 3.74. The fourth-order valence-electron chi connectivity index (χ4n) is 6.06. The number of unbranched alkanes of at least 4 members (excludes halogenated alkanes) is 5. The van der Waals surface area contributed by atoms with Crippen molar-refractivity contribution in [3.8, 4) is 0 Å². The summed E-state index contributed by atoms with van der Waals surface area (Å²) in [4.78, 5) is 0. The van der Waals surface area contributed by atoms with E-state index in [1.54, 1.807) is 0 Å². The summed E-state index contributed by atoms with van der Waals surface area (Å²) in [5, 5.41) is 0. The molecule has 0 radical (unpaired) electrons. The summed E-state index contributed by atoms with van der Waals surface area (Å²) in [5.74, 6) is 2.81. The van der Waals surface area contributed by atoms with Gasteiger partial charge in [-0.05, 0) is 55.3 Å². The van der Waals surface area contributed by atoms with Crippen LogP contribution in [0.5, 0.6) is 0 Å². The van der Waals surface area contributed by atoms with Crippen molar-refractivity contribution in [1.82, 2.24) is 0 Å². The van der Waals surface area contributed by atoms with Gasteiger partial charge in [0.15, 0.2) is 0 Å². The summed E-state index contributed by atoms with van der Waals surface area (Å²) < 4.78 is 11.4. The number of ether oxygens (including phenoxy) is 2. The summed E-state index contributed by atoms with van der Waals surface area (Å²) in [6.07, 6.45) is 15.2. The molecule has 2 heteroatoms. The highest BCUT2D eigenvalue weighted by atomic mass is 16.5. The van der Waals surface area contributed by atoms with Gasteiger partial charge in [0.2, 0.25) is 0 Å². The molecule has 2 nitrogen and oxygen atoms in total. The van der Waals surface area contributed by atoms with E-state index in [1.165, 1.54) is 70.6 Å². The third-order valence-corrected chi connectivity index (χ3v) is 7.66. The Balaban J connectivity index is 1.91. The lowest BCUT2D eigenvalue weighted by atomic mass is 9.44. The Morgan fingerprint density at radius 3 is 2.12 bits per heavy atom. The average Bonchev–Trinajstić information content (AvgIpc) is 2.58. The fourth-order valence-corrected chi connectivity index (χ4v) is 6.06. The molecule has 0 aromatic heterocycles. The van der Waals surface area contributed by atoms with Gasteiger partial charge in [0.1, 0.15) is 0 Å². The molecular formula is C23H44O2. The molecule has 0 aromatic rings. The van der Waals surface area contributed by atoms with Crippen LogP contribution >= 0.6 is 0 Å². The predicted molar refractivity (Wildman–Crippen MR) is 107 cm³/mol. The third kappa shape index (κ3) is 5.22. The van der Waals surface area contributed by atoms with Crippen LogP contribution in [0, 0.1) is 28.6 Å². The van der Waals surface area contributed by atoms with Gasteiger partial charge in [0.05, 0.1) is 13.2 Å². The molecule has 0 heterocycles. The van der Waals surface area contributed by atoms with Gasteiger partial charge in [0.25, 0.3) is 0 Å². The first-order valence-electron chi connectivity index (χ1n) is 11.0. The van der Waals surface area contributed by atoms with Crippen LogP contribution in [-0.4, -0.2) is 27.4 Å². The molecule has 3 aliphatic carbocycles. The summed E-state index contributed by atoms with van der Waals surface area (Å²) in [5.41, 5.74) is 0.812. The quantitative estimate of drug-likeness (QED) is 0.353. The van der Waals surface area contributed by atoms with Gasteiger partial charge < -0.3 is 9.47 Å². The van der Waals surface area contributed by atoms with Gasteiger partial charge in [-0.1, -0.05) is 59.3 Å². The Labute approximate surface area is 157 Å². The maximum Gasteiger partial charge on any atom is 0.0540 e. The lowest BCUT2D eigenvalue weighted by molar-refractivity contribution is -0.126. The first-order valence-corrected chi connectivity index (χ1v) is 11.0. The zero-order valence-electron chi connectivity index (χ0n) is 17.7. The van der Waals surface area contributed by atoms with Crippen molar-refractivity contribution in [2.24, 2.45) is 28.6 Å². The Morgan fingerprint density at radius 1 is 0.920 bits per heavy atom. The number of hydrogen-bond acceptors (Lipinski definition) is 2. The molecule has 3 unspecified atom stereocenters. The van der Waals surface area contributed by atoms with Gasteiger partial charge >= 0.3 is 0 Å². The monoisotopic (exact) mass is 352 g/mol. The van der Waals surface area contributed by atoms with E-state index in [0.717, 1.165) is 31.0 Å². The molecule has 0 spiro atoms. The lowest BCUT2D eigenvalue weighted by Gasteiger charge is -2.61. The molecule has 0 aromatic carbocycles. The molecule has 3 aliphatic rings. The van der Waals surface area contributed by atoms with Crippen molar-refractivity contribution in [3.63, 3.8) is 0 Å². The van der Waals surface area contributed by atoms with E-state index in [-0.39, 0.29) is 5.41 Å². The SMILES string of the molecule is CCCCCCCCC(COC)(COC)CC1CCC2CC1C2(C)C. The minimum atomic E-state index is 0.234. The van der Waals surface area contributed by atoms with E-state index in [0.29, 0.717) is 5.41 Å². The normalized spacial score (nSPS) is 28.0. The Hall–Kier alpha value is -0.0800. The van der Waals surface area contributed by atoms with Crippen LogP contribution in [0.15, 0.2) is 0 Å². The maximum atomic E-state index is 5.72. The van der Waals surface area contributed by atoms with Crippen molar-refractivity contribution >= 4 is 0 Å². The van der Waals surface area contributed by atoms with Gasteiger partial charge in [-0.15, -0.1) is 0 Å². The number of fused-ring (bicyclic) bond motifs is 2. The second-order valence-corrected chi connectivity index (χ2v) is 9.79. The minimum Gasteiger partial charge on any atom is -0.384 e. The highest BCUT2D eigenvalue weighted by molar-refractivity contribution is 5.04. The van der Waals surface area contributed by atoms with Crippen LogP contribution < -0.4 is 0 Å². The molecule has 0 N–H and O–H groups in total. The molecule has 3 saturated carbocycles. The van der Waals surface area contributed by atoms with E-state index < -0.39 is 0 Å². The van der Waals surface area contributed by atoms with E-state index in [1.807, 2.05) is 14.2 Å². The molecule has 0 saturated heterocycles. The van der Waals surface area contributed by atoms with Gasteiger partial charge in [0, 0.05) is 19.6 Å². The second kappa shape index (κ2) is 9.74. The number of methoxy groups -OCH3 is 2. The molecule has 0 amide bonds. The van der Waals surface area contributed by atoms with Crippen LogP contribution in [-0.2, 0) is 9.47 Å². The maximum absolute atomic E-state index is 5.72. The third-order valence-electron chi connectivity index (χ3n) is 7.66. The largest absolute Gasteiger partial charge is 0.384 e. The second-order valence-electron chi connectivity index (χ2n) is 9.79. The Morgan fingerprint density at radius 2 is 1.56 bits per heavy atom. The fraction of sp³-hybridized carbons (Fsp3) is 1.00. The van der Waals surface area contributed by atoms with Crippen LogP contribution in [0.25, 0.3) is 0 Å².